The van der Waals surface area contributed by atoms with E-state index in [0.29, 0.717) is 11.5 Å². The van der Waals surface area contributed by atoms with Gasteiger partial charge in [0.05, 0.1) is 11.3 Å². The van der Waals surface area contributed by atoms with Gasteiger partial charge in [-0.1, -0.05) is 66.7 Å². The number of aromatic nitrogens is 2. The molecular formula is C30H23N3O3. The van der Waals surface area contributed by atoms with Crippen molar-refractivity contribution in [3.8, 4) is 17.1 Å². The van der Waals surface area contributed by atoms with Crippen LogP contribution in [0.25, 0.3) is 33.4 Å². The van der Waals surface area contributed by atoms with E-state index in [0.717, 1.165) is 27.5 Å². The topological polar surface area (TPSA) is 84.2 Å². The van der Waals surface area contributed by atoms with Crippen molar-refractivity contribution in [2.24, 2.45) is 0 Å². The fourth-order valence-corrected chi connectivity index (χ4v) is 4.16. The SMILES string of the molecule is C/C(=C/C(=O)Nc1ccc(-n2ccnc2-c2ccccc2)cc1C(=O)O)c1ccc2ccccc2c1. The Morgan fingerprint density at radius 1 is 0.889 bits per heavy atom. The summed E-state index contributed by atoms with van der Waals surface area (Å²) in [5, 5.41) is 14.8. The molecule has 2 N–H and O–H groups in total. The lowest BCUT2D eigenvalue weighted by Gasteiger charge is -2.12. The highest BCUT2D eigenvalue weighted by molar-refractivity contribution is 6.07. The van der Waals surface area contributed by atoms with Gasteiger partial charge in [-0.05, 0) is 53.1 Å². The second-order valence-electron chi connectivity index (χ2n) is 8.40. The molecule has 0 atom stereocenters. The van der Waals surface area contributed by atoms with Crippen LogP contribution in [0.3, 0.4) is 0 Å². The van der Waals surface area contributed by atoms with Crippen LogP contribution in [0.5, 0.6) is 0 Å². The number of carboxylic acid groups (broad SMARTS) is 1. The van der Waals surface area contributed by atoms with Crippen molar-refractivity contribution in [3.05, 3.63) is 121 Å². The highest BCUT2D eigenvalue weighted by Crippen LogP contribution is 2.26. The fourth-order valence-electron chi connectivity index (χ4n) is 4.16. The van der Waals surface area contributed by atoms with Crippen LogP contribution in [-0.2, 0) is 4.79 Å². The summed E-state index contributed by atoms with van der Waals surface area (Å²) in [6, 6.07) is 28.6. The Kier molecular flexibility index (Phi) is 6.16. The van der Waals surface area contributed by atoms with Crippen molar-refractivity contribution in [1.82, 2.24) is 9.55 Å². The number of rotatable bonds is 6. The van der Waals surface area contributed by atoms with Crippen molar-refractivity contribution < 1.29 is 14.7 Å². The van der Waals surface area contributed by atoms with Crippen LogP contribution >= 0.6 is 0 Å². The average Bonchev–Trinajstić information content (AvgIpc) is 3.39. The van der Waals surface area contributed by atoms with E-state index in [-0.39, 0.29) is 11.3 Å². The number of nitrogens with zero attached hydrogens (tertiary/aromatic N) is 2. The molecule has 6 nitrogen and oxygen atoms in total. The number of aromatic carboxylic acids is 1. The van der Waals surface area contributed by atoms with Gasteiger partial charge in [0.1, 0.15) is 5.82 Å². The molecule has 1 amide bonds. The number of nitrogens with one attached hydrogen (secondary N) is 1. The summed E-state index contributed by atoms with van der Waals surface area (Å²) < 4.78 is 1.82. The van der Waals surface area contributed by atoms with E-state index in [4.69, 9.17) is 0 Å². The van der Waals surface area contributed by atoms with Crippen LogP contribution in [0.15, 0.2) is 109 Å². The Morgan fingerprint density at radius 3 is 2.42 bits per heavy atom. The molecule has 0 saturated carbocycles. The maximum atomic E-state index is 12.8. The van der Waals surface area contributed by atoms with Crippen molar-refractivity contribution in [2.45, 2.75) is 6.92 Å². The van der Waals surface area contributed by atoms with Gasteiger partial charge < -0.3 is 10.4 Å². The third-order valence-corrected chi connectivity index (χ3v) is 5.99. The number of carbonyl (C=O) groups excluding carboxylic acids is 1. The predicted molar refractivity (Wildman–Crippen MR) is 142 cm³/mol. The van der Waals surface area contributed by atoms with Crippen molar-refractivity contribution in [1.29, 1.82) is 0 Å². The summed E-state index contributed by atoms with van der Waals surface area (Å²) in [7, 11) is 0. The summed E-state index contributed by atoms with van der Waals surface area (Å²) in [5.74, 6) is -0.843. The molecule has 0 aliphatic rings. The van der Waals surface area contributed by atoms with Gasteiger partial charge >= 0.3 is 5.97 Å². The molecule has 6 heteroatoms. The van der Waals surface area contributed by atoms with Gasteiger partial charge in [-0.15, -0.1) is 0 Å². The standard InChI is InChI=1S/C30H23N3O3/c1-20(23-12-11-21-7-5-6-10-24(21)18-23)17-28(34)32-27-14-13-25(19-26(27)30(35)36)33-16-15-31-29(33)22-8-3-2-4-9-22/h2-19H,1H3,(H,32,34)(H,35,36)/b20-17-. The number of hydrogen-bond acceptors (Lipinski definition) is 3. The fraction of sp³-hybridized carbons (Fsp3) is 0.0333. The van der Waals surface area contributed by atoms with Crippen LogP contribution in [0.2, 0.25) is 0 Å². The number of allylic oxidation sites excluding steroid dienone is 1. The van der Waals surface area contributed by atoms with Gasteiger partial charge in [-0.3, -0.25) is 9.36 Å². The molecule has 0 aliphatic carbocycles. The monoisotopic (exact) mass is 473 g/mol. The molecule has 1 heterocycles. The molecule has 4 aromatic carbocycles. The molecule has 0 bridgehead atoms. The van der Waals surface area contributed by atoms with E-state index in [9.17, 15) is 14.7 Å². The minimum atomic E-state index is -1.14. The highest BCUT2D eigenvalue weighted by Gasteiger charge is 2.16. The summed E-state index contributed by atoms with van der Waals surface area (Å²) >= 11 is 0. The van der Waals surface area contributed by atoms with Gasteiger partial charge in [0.15, 0.2) is 0 Å². The van der Waals surface area contributed by atoms with Gasteiger partial charge in [-0.2, -0.15) is 0 Å². The van der Waals surface area contributed by atoms with Crippen molar-refractivity contribution >= 4 is 33.9 Å². The maximum absolute atomic E-state index is 12.8. The third kappa shape index (κ3) is 4.65. The zero-order valence-corrected chi connectivity index (χ0v) is 19.6. The zero-order valence-electron chi connectivity index (χ0n) is 19.6. The molecule has 0 saturated heterocycles. The van der Waals surface area contributed by atoms with E-state index >= 15 is 0 Å². The molecule has 0 aliphatic heterocycles. The number of carboxylic acids is 1. The van der Waals surface area contributed by atoms with Crippen LogP contribution < -0.4 is 5.32 Å². The molecule has 36 heavy (non-hydrogen) atoms. The van der Waals surface area contributed by atoms with E-state index in [1.807, 2.05) is 84.3 Å². The van der Waals surface area contributed by atoms with Gasteiger partial charge in [0.25, 0.3) is 0 Å². The molecule has 5 rings (SSSR count). The minimum Gasteiger partial charge on any atom is -0.478 e. The Bertz CT molecular complexity index is 1620. The van der Waals surface area contributed by atoms with E-state index in [1.54, 1.807) is 24.5 Å². The minimum absolute atomic E-state index is 0.00896. The lowest BCUT2D eigenvalue weighted by molar-refractivity contribution is -0.111. The Labute approximate surface area is 208 Å². The Morgan fingerprint density at radius 2 is 1.64 bits per heavy atom. The lowest BCUT2D eigenvalue weighted by atomic mass is 10.0. The maximum Gasteiger partial charge on any atom is 0.337 e. The Hall–Kier alpha value is -4.97. The van der Waals surface area contributed by atoms with E-state index in [1.165, 1.54) is 12.1 Å². The first-order valence-corrected chi connectivity index (χ1v) is 11.4. The number of amides is 1. The van der Waals surface area contributed by atoms with Crippen molar-refractivity contribution in [3.63, 3.8) is 0 Å². The molecule has 0 spiro atoms. The average molecular weight is 474 g/mol. The van der Waals surface area contributed by atoms with Gasteiger partial charge in [0, 0.05) is 29.7 Å². The molecule has 0 radical (unpaired) electrons. The summed E-state index contributed by atoms with van der Waals surface area (Å²) in [6.07, 6.45) is 4.92. The quantitative estimate of drug-likeness (QED) is 0.278. The highest BCUT2D eigenvalue weighted by atomic mass is 16.4. The number of imidazole rings is 1. The molecule has 176 valence electrons. The first kappa shape index (κ1) is 22.8. The molecule has 0 fully saturated rings. The lowest BCUT2D eigenvalue weighted by Crippen LogP contribution is -2.13. The van der Waals surface area contributed by atoms with Crippen molar-refractivity contribution in [2.75, 3.05) is 5.32 Å². The molecule has 1 aromatic heterocycles. The van der Waals surface area contributed by atoms with Crippen LogP contribution in [0.1, 0.15) is 22.8 Å². The normalized spacial score (nSPS) is 11.4. The summed E-state index contributed by atoms with van der Waals surface area (Å²) in [4.78, 5) is 29.3. The first-order chi connectivity index (χ1) is 17.5. The zero-order chi connectivity index (χ0) is 25.1. The smallest absolute Gasteiger partial charge is 0.337 e. The van der Waals surface area contributed by atoms with Crippen LogP contribution in [0.4, 0.5) is 5.69 Å². The number of carbonyl (C=O) groups is 2. The number of anilines is 1. The Balaban J connectivity index is 1.42. The first-order valence-electron chi connectivity index (χ1n) is 11.4. The number of benzene rings is 4. The third-order valence-electron chi connectivity index (χ3n) is 5.99. The molecular weight excluding hydrogens is 450 g/mol. The van der Waals surface area contributed by atoms with Crippen LogP contribution in [-0.4, -0.2) is 26.5 Å². The molecule has 5 aromatic rings. The second-order valence-corrected chi connectivity index (χ2v) is 8.40. The summed E-state index contributed by atoms with van der Waals surface area (Å²) in [5.41, 5.74) is 3.45. The van der Waals surface area contributed by atoms with Crippen LogP contribution in [0, 0.1) is 0 Å². The predicted octanol–water partition coefficient (Wildman–Crippen LogP) is 6.43. The van der Waals surface area contributed by atoms with E-state index in [2.05, 4.69) is 10.3 Å². The van der Waals surface area contributed by atoms with Gasteiger partial charge in [0.2, 0.25) is 5.91 Å². The van der Waals surface area contributed by atoms with E-state index < -0.39 is 11.9 Å². The summed E-state index contributed by atoms with van der Waals surface area (Å²) in [6.45, 7) is 1.86. The number of fused-ring (bicyclic) bond motifs is 1. The number of hydrogen-bond donors (Lipinski definition) is 2. The van der Waals surface area contributed by atoms with Gasteiger partial charge in [-0.25, -0.2) is 9.78 Å². The second kappa shape index (κ2) is 9.72. The molecule has 0 unspecified atom stereocenters. The largest absolute Gasteiger partial charge is 0.478 e.